The fourth-order valence-corrected chi connectivity index (χ4v) is 3.47. The predicted molar refractivity (Wildman–Crippen MR) is 79.8 cm³/mol. The summed E-state index contributed by atoms with van der Waals surface area (Å²) in [5.74, 6) is 0.874. The molecule has 1 heterocycles. The lowest BCUT2D eigenvalue weighted by molar-refractivity contribution is 0.625. The van der Waals surface area contributed by atoms with Gasteiger partial charge in [-0.25, -0.2) is 0 Å². The molecule has 2 atom stereocenters. The molecule has 2 rings (SSSR count). The number of thioether (sulfide) groups is 1. The van der Waals surface area contributed by atoms with E-state index >= 15 is 0 Å². The molecular weight excluding hydrogens is 242 g/mol. The fraction of sp³-hybridized carbons (Fsp3) is 0.500. The second-order valence-corrected chi connectivity index (χ2v) is 5.96. The molecule has 1 fully saturated rings. The molecule has 3 nitrogen and oxygen atoms in total. The third-order valence-electron chi connectivity index (χ3n) is 3.59. The molecule has 1 aliphatic rings. The first-order valence-corrected chi connectivity index (χ1v) is 7.55. The molecular formula is C14H21N3S. The lowest BCUT2D eigenvalue weighted by atomic mass is 10.1. The first-order chi connectivity index (χ1) is 8.54. The summed E-state index contributed by atoms with van der Waals surface area (Å²) in [4.78, 5) is 3.48. The quantitative estimate of drug-likeness (QED) is 0.501. The van der Waals surface area contributed by atoms with E-state index in [4.69, 9.17) is 11.1 Å². The number of hydrogen-bond donors (Lipinski definition) is 2. The van der Waals surface area contributed by atoms with Gasteiger partial charge in [0.1, 0.15) is 5.84 Å². The Morgan fingerprint density at radius 3 is 2.67 bits per heavy atom. The van der Waals surface area contributed by atoms with Crippen LogP contribution in [0.1, 0.15) is 25.8 Å². The van der Waals surface area contributed by atoms with E-state index in [1.165, 1.54) is 6.42 Å². The Bertz CT molecular complexity index is 458. The highest BCUT2D eigenvalue weighted by molar-refractivity contribution is 7.98. The lowest BCUT2D eigenvalue weighted by Gasteiger charge is -2.27. The van der Waals surface area contributed by atoms with Crippen LogP contribution >= 0.6 is 11.8 Å². The van der Waals surface area contributed by atoms with Gasteiger partial charge >= 0.3 is 0 Å². The Morgan fingerprint density at radius 1 is 1.44 bits per heavy atom. The smallest absolute Gasteiger partial charge is 0.126 e. The standard InChI is InChI=1S/C14H21N3S/c1-9-7-10(2)17(8-9)11-5-4-6-12(18-3)13(11)14(15)16/h4-6,9-10H,7-8H2,1-3H3,(H3,15,16). The molecule has 0 amide bonds. The fourth-order valence-electron chi connectivity index (χ4n) is 2.84. The van der Waals surface area contributed by atoms with Crippen LogP contribution in [0.5, 0.6) is 0 Å². The Kier molecular flexibility index (Phi) is 3.85. The minimum absolute atomic E-state index is 0.168. The van der Waals surface area contributed by atoms with E-state index in [0.29, 0.717) is 12.0 Å². The van der Waals surface area contributed by atoms with Crippen molar-refractivity contribution >= 4 is 23.3 Å². The van der Waals surface area contributed by atoms with Crippen LogP contribution in [-0.4, -0.2) is 24.7 Å². The molecule has 1 aromatic rings. The third kappa shape index (κ3) is 2.34. The average molecular weight is 263 g/mol. The van der Waals surface area contributed by atoms with Crippen LogP contribution in [0.15, 0.2) is 23.1 Å². The number of anilines is 1. The second-order valence-electron chi connectivity index (χ2n) is 5.11. The van der Waals surface area contributed by atoms with Crippen LogP contribution in [0.3, 0.4) is 0 Å². The number of nitrogens with zero attached hydrogens (tertiary/aromatic N) is 1. The largest absolute Gasteiger partial charge is 0.384 e. The highest BCUT2D eigenvalue weighted by atomic mass is 32.2. The SMILES string of the molecule is CSc1cccc(N2CC(C)CC2C)c1C(=N)N. The van der Waals surface area contributed by atoms with Crippen molar-refractivity contribution in [1.29, 1.82) is 5.41 Å². The monoisotopic (exact) mass is 263 g/mol. The second kappa shape index (κ2) is 5.22. The van der Waals surface area contributed by atoms with E-state index < -0.39 is 0 Å². The van der Waals surface area contributed by atoms with Gasteiger partial charge in [0.15, 0.2) is 0 Å². The van der Waals surface area contributed by atoms with Crippen molar-refractivity contribution in [1.82, 2.24) is 0 Å². The molecule has 0 saturated carbocycles. The van der Waals surface area contributed by atoms with Crippen molar-refractivity contribution in [2.75, 3.05) is 17.7 Å². The van der Waals surface area contributed by atoms with Crippen molar-refractivity contribution in [2.24, 2.45) is 11.7 Å². The molecule has 1 aliphatic heterocycles. The van der Waals surface area contributed by atoms with Crippen LogP contribution in [0.25, 0.3) is 0 Å². The summed E-state index contributed by atoms with van der Waals surface area (Å²) in [6.45, 7) is 5.58. The van der Waals surface area contributed by atoms with E-state index in [0.717, 1.165) is 22.7 Å². The van der Waals surface area contributed by atoms with Crippen LogP contribution < -0.4 is 10.6 Å². The normalized spacial score (nSPS) is 23.4. The summed E-state index contributed by atoms with van der Waals surface area (Å²) in [6, 6.07) is 6.71. The number of hydrogen-bond acceptors (Lipinski definition) is 3. The van der Waals surface area contributed by atoms with E-state index in [-0.39, 0.29) is 5.84 Å². The molecule has 0 aromatic heterocycles. The Balaban J connectivity index is 2.47. The summed E-state index contributed by atoms with van der Waals surface area (Å²) in [7, 11) is 0. The summed E-state index contributed by atoms with van der Waals surface area (Å²) in [6.07, 6.45) is 3.24. The molecule has 0 bridgehead atoms. The molecule has 98 valence electrons. The highest BCUT2D eigenvalue weighted by Crippen LogP contribution is 2.34. The Morgan fingerprint density at radius 2 is 2.17 bits per heavy atom. The number of nitrogens with one attached hydrogen (secondary N) is 1. The molecule has 0 radical (unpaired) electrons. The maximum atomic E-state index is 7.84. The van der Waals surface area contributed by atoms with Gasteiger partial charge < -0.3 is 10.6 Å². The van der Waals surface area contributed by atoms with Crippen molar-refractivity contribution < 1.29 is 0 Å². The van der Waals surface area contributed by atoms with E-state index in [1.54, 1.807) is 11.8 Å². The molecule has 4 heteroatoms. The lowest BCUT2D eigenvalue weighted by Crippen LogP contribution is -2.29. The van der Waals surface area contributed by atoms with Crippen LogP contribution in [0, 0.1) is 11.3 Å². The van der Waals surface area contributed by atoms with Crippen molar-refractivity contribution in [3.63, 3.8) is 0 Å². The van der Waals surface area contributed by atoms with Gasteiger partial charge in [-0.15, -0.1) is 11.8 Å². The molecule has 18 heavy (non-hydrogen) atoms. The van der Waals surface area contributed by atoms with E-state index in [1.807, 2.05) is 12.3 Å². The number of benzene rings is 1. The molecule has 0 spiro atoms. The molecule has 0 aliphatic carbocycles. The van der Waals surface area contributed by atoms with Crippen molar-refractivity contribution in [3.05, 3.63) is 23.8 Å². The van der Waals surface area contributed by atoms with E-state index in [9.17, 15) is 0 Å². The topological polar surface area (TPSA) is 53.1 Å². The number of rotatable bonds is 3. The summed E-state index contributed by atoms with van der Waals surface area (Å²) in [5.41, 5.74) is 7.79. The Hall–Kier alpha value is -1.16. The number of nitrogen functional groups attached to an aromatic ring is 1. The molecule has 1 aromatic carbocycles. The zero-order chi connectivity index (χ0) is 13.3. The highest BCUT2D eigenvalue weighted by Gasteiger charge is 2.28. The van der Waals surface area contributed by atoms with Gasteiger partial charge in [-0.3, -0.25) is 5.41 Å². The third-order valence-corrected chi connectivity index (χ3v) is 4.37. The van der Waals surface area contributed by atoms with Crippen molar-refractivity contribution in [2.45, 2.75) is 31.2 Å². The zero-order valence-corrected chi connectivity index (χ0v) is 12.1. The van der Waals surface area contributed by atoms with Crippen LogP contribution in [0.2, 0.25) is 0 Å². The van der Waals surface area contributed by atoms with Gasteiger partial charge in [-0.2, -0.15) is 0 Å². The summed E-state index contributed by atoms with van der Waals surface area (Å²) in [5, 5.41) is 7.84. The first-order valence-electron chi connectivity index (χ1n) is 6.32. The molecule has 3 N–H and O–H groups in total. The maximum absolute atomic E-state index is 7.84. The minimum Gasteiger partial charge on any atom is -0.384 e. The van der Waals surface area contributed by atoms with Crippen LogP contribution in [0.4, 0.5) is 5.69 Å². The number of nitrogens with two attached hydrogens (primary N) is 1. The van der Waals surface area contributed by atoms with Crippen molar-refractivity contribution in [3.8, 4) is 0 Å². The molecule has 1 saturated heterocycles. The average Bonchev–Trinajstić information content (AvgIpc) is 2.67. The first kappa shape index (κ1) is 13.3. The predicted octanol–water partition coefficient (Wildman–Crippen LogP) is 2.93. The van der Waals surface area contributed by atoms with Gasteiger partial charge in [0.2, 0.25) is 0 Å². The number of amidine groups is 1. The van der Waals surface area contributed by atoms with E-state index in [2.05, 4.69) is 30.9 Å². The van der Waals surface area contributed by atoms with Gasteiger partial charge in [0, 0.05) is 23.2 Å². The summed E-state index contributed by atoms with van der Waals surface area (Å²) < 4.78 is 0. The van der Waals surface area contributed by atoms with Gasteiger partial charge in [-0.1, -0.05) is 13.0 Å². The van der Waals surface area contributed by atoms with Crippen LogP contribution in [-0.2, 0) is 0 Å². The van der Waals surface area contributed by atoms with Gasteiger partial charge in [0.05, 0.1) is 5.56 Å². The zero-order valence-electron chi connectivity index (χ0n) is 11.2. The molecule has 2 unspecified atom stereocenters. The van der Waals surface area contributed by atoms with Gasteiger partial charge in [0.25, 0.3) is 0 Å². The van der Waals surface area contributed by atoms with Gasteiger partial charge in [-0.05, 0) is 37.7 Å². The maximum Gasteiger partial charge on any atom is 0.126 e. The summed E-state index contributed by atoms with van der Waals surface area (Å²) >= 11 is 1.65. The minimum atomic E-state index is 0.168. The Labute approximate surface area is 113 Å².